The molecule has 0 radical (unpaired) electrons. The van der Waals surface area contributed by atoms with Crippen LogP contribution in [-0.2, 0) is 33.7 Å². The number of piperidine rings is 1. The molecule has 3 aliphatic rings. The Bertz CT molecular complexity index is 1230. The summed E-state index contributed by atoms with van der Waals surface area (Å²) in [6, 6.07) is 15.9. The molecular weight excluding hydrogens is 546 g/mol. The zero-order valence-corrected chi connectivity index (χ0v) is 26.2. The molecule has 228 valence electrons. The molecule has 42 heavy (non-hydrogen) atoms. The third-order valence-corrected chi connectivity index (χ3v) is 12.1. The lowest BCUT2D eigenvalue weighted by Crippen LogP contribution is -2.48. The smallest absolute Gasteiger partial charge is 0.228 e. The van der Waals surface area contributed by atoms with Crippen LogP contribution >= 0.6 is 0 Å². The van der Waals surface area contributed by atoms with Gasteiger partial charge in [-0.1, -0.05) is 43.3 Å². The first kappa shape index (κ1) is 30.9. The fourth-order valence-corrected chi connectivity index (χ4v) is 9.93. The summed E-state index contributed by atoms with van der Waals surface area (Å²) in [5.41, 5.74) is 4.23. The van der Waals surface area contributed by atoms with Gasteiger partial charge < -0.3 is 30.2 Å². The Morgan fingerprint density at radius 2 is 1.83 bits per heavy atom. The fraction of sp³-hybridized carbons (Fsp3) is 0.576. The third-order valence-electron chi connectivity index (χ3n) is 9.59. The van der Waals surface area contributed by atoms with E-state index in [1.54, 1.807) is 4.90 Å². The normalized spacial score (nSPS) is 27.9. The van der Waals surface area contributed by atoms with Crippen LogP contribution in [0, 0.1) is 11.8 Å². The van der Waals surface area contributed by atoms with Crippen molar-refractivity contribution in [1.29, 1.82) is 0 Å². The number of aliphatic hydroxyl groups excluding tert-OH is 1. The lowest BCUT2D eigenvalue weighted by atomic mass is 9.93. The molecule has 0 aromatic heterocycles. The number of carbonyl (C=O) groups excluding carboxylic acids is 2. The molecule has 2 amide bonds. The van der Waals surface area contributed by atoms with Gasteiger partial charge >= 0.3 is 0 Å². The minimum Gasteiger partial charge on any atom is -0.432 e. The Morgan fingerprint density at radius 3 is 2.50 bits per heavy atom. The average Bonchev–Trinajstić information content (AvgIpc) is 3.31. The van der Waals surface area contributed by atoms with Crippen molar-refractivity contribution in [1.82, 2.24) is 10.2 Å². The number of anilines is 1. The van der Waals surface area contributed by atoms with Gasteiger partial charge in [0.15, 0.2) is 8.32 Å². The average molecular weight is 594 g/mol. The van der Waals surface area contributed by atoms with E-state index in [2.05, 4.69) is 41.8 Å². The molecule has 4 N–H and O–H groups in total. The number of fused-ring (bicyclic) bond motifs is 1. The topological polar surface area (TPSA) is 111 Å². The second-order valence-corrected chi connectivity index (χ2v) is 17.0. The number of benzene rings is 2. The van der Waals surface area contributed by atoms with Crippen LogP contribution in [-0.4, -0.2) is 72.9 Å². The molecule has 0 saturated carbocycles. The fourth-order valence-electron chi connectivity index (χ4n) is 7.32. The molecule has 0 spiro atoms. The molecule has 8 nitrogen and oxygen atoms in total. The van der Waals surface area contributed by atoms with Gasteiger partial charge in [-0.05, 0) is 86.5 Å². The first-order valence-corrected chi connectivity index (χ1v) is 18.6. The zero-order chi connectivity index (χ0) is 29.9. The Balaban J connectivity index is 1.19. The second kappa shape index (κ2) is 13.4. The number of carbonyl (C=O) groups is 2. The van der Waals surface area contributed by atoms with Gasteiger partial charge in [0.25, 0.3) is 0 Å². The highest BCUT2D eigenvalue weighted by Crippen LogP contribution is 2.46. The molecule has 5 rings (SSSR count). The number of aliphatic hydroxyl groups is 1. The van der Waals surface area contributed by atoms with Crippen molar-refractivity contribution in [3.63, 3.8) is 0 Å². The van der Waals surface area contributed by atoms with E-state index in [1.807, 2.05) is 37.4 Å². The second-order valence-electron chi connectivity index (χ2n) is 13.1. The Kier molecular flexibility index (Phi) is 9.84. The van der Waals surface area contributed by atoms with Crippen molar-refractivity contribution >= 4 is 25.8 Å². The van der Waals surface area contributed by atoms with Gasteiger partial charge in [-0.25, -0.2) is 0 Å². The number of hydrogen-bond donors (Lipinski definition) is 4. The molecule has 2 aromatic carbocycles. The highest BCUT2D eigenvalue weighted by Gasteiger charge is 2.50. The minimum absolute atomic E-state index is 0.0202. The number of nitrogens with zero attached hydrogens (tertiary/aromatic N) is 1. The van der Waals surface area contributed by atoms with Gasteiger partial charge in [0.2, 0.25) is 11.8 Å². The van der Waals surface area contributed by atoms with Crippen LogP contribution in [0.4, 0.5) is 5.69 Å². The Labute approximate surface area is 251 Å². The molecule has 3 aliphatic heterocycles. The number of aryl methyl sites for hydroxylation is 1. The number of hydrogen-bond acceptors (Lipinski definition) is 6. The molecule has 2 saturated heterocycles. The van der Waals surface area contributed by atoms with E-state index < -0.39 is 8.32 Å². The lowest BCUT2D eigenvalue weighted by Gasteiger charge is -2.37. The predicted molar refractivity (Wildman–Crippen MR) is 166 cm³/mol. The summed E-state index contributed by atoms with van der Waals surface area (Å²) in [7, 11) is -2.63. The summed E-state index contributed by atoms with van der Waals surface area (Å²) in [5.74, 6) is 0.204. The molecule has 6 atom stereocenters. The van der Waals surface area contributed by atoms with Gasteiger partial charge in [0.1, 0.15) is 0 Å². The lowest BCUT2D eigenvalue weighted by molar-refractivity contribution is -0.138. The molecule has 0 bridgehead atoms. The SMILES string of the molecule is C[C@H]1[C@H]([Si](C)(C)O)[C@@H](CC(=O)N2Cc3ccccc3C[C@H]2CO)O[C@H]1CCc1ccc(NC(=O)C2CCCNC2)cc1. The summed E-state index contributed by atoms with van der Waals surface area (Å²) < 4.78 is 6.58. The Morgan fingerprint density at radius 1 is 1.10 bits per heavy atom. The van der Waals surface area contributed by atoms with Crippen LogP contribution in [0.2, 0.25) is 18.6 Å². The van der Waals surface area contributed by atoms with Gasteiger partial charge in [-0.2, -0.15) is 0 Å². The van der Waals surface area contributed by atoms with E-state index in [1.165, 1.54) is 5.56 Å². The maximum absolute atomic E-state index is 13.6. The molecule has 0 aliphatic carbocycles. The summed E-state index contributed by atoms with van der Waals surface area (Å²) in [6.45, 7) is 8.17. The largest absolute Gasteiger partial charge is 0.432 e. The van der Waals surface area contributed by atoms with Crippen LogP contribution in [0.15, 0.2) is 48.5 Å². The van der Waals surface area contributed by atoms with Crippen molar-refractivity contribution < 1.29 is 24.2 Å². The maximum atomic E-state index is 13.6. The molecular formula is C33H47N3O5Si. The number of amides is 2. The monoisotopic (exact) mass is 593 g/mol. The number of nitrogens with one attached hydrogen (secondary N) is 2. The highest BCUT2D eigenvalue weighted by atomic mass is 28.4. The molecule has 1 unspecified atom stereocenters. The summed E-state index contributed by atoms with van der Waals surface area (Å²) in [4.78, 5) is 39.3. The van der Waals surface area contributed by atoms with Gasteiger partial charge in [-0.15, -0.1) is 0 Å². The predicted octanol–water partition coefficient (Wildman–Crippen LogP) is 3.86. The van der Waals surface area contributed by atoms with E-state index in [9.17, 15) is 19.5 Å². The van der Waals surface area contributed by atoms with Crippen molar-refractivity contribution in [2.45, 2.75) is 88.9 Å². The quantitative estimate of drug-likeness (QED) is 0.329. The van der Waals surface area contributed by atoms with E-state index in [4.69, 9.17) is 4.74 Å². The van der Waals surface area contributed by atoms with Crippen LogP contribution in [0.25, 0.3) is 0 Å². The Hall–Kier alpha value is -2.56. The molecule has 2 aromatic rings. The van der Waals surface area contributed by atoms with Gasteiger partial charge in [-0.3, -0.25) is 9.59 Å². The molecule has 3 heterocycles. The minimum atomic E-state index is -2.63. The van der Waals surface area contributed by atoms with Gasteiger partial charge in [0, 0.05) is 24.3 Å². The van der Waals surface area contributed by atoms with Crippen LogP contribution in [0.3, 0.4) is 0 Å². The van der Waals surface area contributed by atoms with Crippen LogP contribution in [0.5, 0.6) is 0 Å². The van der Waals surface area contributed by atoms with Crippen molar-refractivity contribution in [3.05, 3.63) is 65.2 Å². The highest BCUT2D eigenvalue weighted by molar-refractivity contribution is 6.71. The summed E-state index contributed by atoms with van der Waals surface area (Å²) in [6.07, 6.45) is 4.02. The van der Waals surface area contributed by atoms with Crippen molar-refractivity contribution in [3.8, 4) is 0 Å². The van der Waals surface area contributed by atoms with Crippen LogP contribution < -0.4 is 10.6 Å². The molecule has 9 heteroatoms. The standard InChI is InChI=1S/C33H47N3O5Si/c1-22-29(15-12-23-10-13-27(14-11-23)35-33(39)25-9-6-16-34-19-25)41-30(32(22)42(2,3)40)18-31(38)36-20-26-8-5-4-7-24(26)17-28(36)21-37/h4-5,7-8,10-11,13-14,22,25,28-30,32,34,37,40H,6,9,12,15-21H2,1-3H3,(H,35,39)/t22-,25?,28+,29+,30-,32+/m1/s1. The first-order valence-electron chi connectivity index (χ1n) is 15.6. The number of rotatable bonds is 9. The van der Waals surface area contributed by atoms with Crippen molar-refractivity contribution in [2.75, 3.05) is 25.0 Å². The zero-order valence-electron chi connectivity index (χ0n) is 25.2. The summed E-state index contributed by atoms with van der Waals surface area (Å²) in [5, 5.41) is 16.4. The van der Waals surface area contributed by atoms with E-state index >= 15 is 0 Å². The van der Waals surface area contributed by atoms with E-state index in [-0.39, 0.29) is 60.5 Å². The van der Waals surface area contributed by atoms with Crippen LogP contribution in [0.1, 0.15) is 49.3 Å². The van der Waals surface area contributed by atoms with Gasteiger partial charge in [0.05, 0.1) is 37.2 Å². The maximum Gasteiger partial charge on any atom is 0.228 e. The summed E-state index contributed by atoms with van der Waals surface area (Å²) >= 11 is 0. The first-order chi connectivity index (χ1) is 20.1. The van der Waals surface area contributed by atoms with E-state index in [0.29, 0.717) is 13.0 Å². The molecule has 2 fully saturated rings. The van der Waals surface area contributed by atoms with Crippen molar-refractivity contribution in [2.24, 2.45) is 11.8 Å². The number of ether oxygens (including phenoxy) is 1. The van der Waals surface area contributed by atoms with E-state index in [0.717, 1.165) is 55.6 Å². The third kappa shape index (κ3) is 7.14.